The fourth-order valence-electron chi connectivity index (χ4n) is 1.20. The van der Waals surface area contributed by atoms with Crippen LogP contribution in [0.3, 0.4) is 0 Å². The summed E-state index contributed by atoms with van der Waals surface area (Å²) >= 11 is 3.30. The zero-order chi connectivity index (χ0) is 12.1. The second kappa shape index (κ2) is 5.84. The first-order valence-electron chi connectivity index (χ1n) is 5.08. The van der Waals surface area contributed by atoms with E-state index in [9.17, 15) is 10.1 Å². The molecule has 1 aromatic carbocycles. The number of hydrogen-bond acceptors (Lipinski definition) is 3. The second-order valence-electron chi connectivity index (χ2n) is 3.52. The maximum atomic E-state index is 10.6. The number of halogens is 1. The summed E-state index contributed by atoms with van der Waals surface area (Å²) in [6, 6.07) is 4.65. The largest absolute Gasteiger partial charge is 0.490 e. The summed E-state index contributed by atoms with van der Waals surface area (Å²) in [6.07, 6.45) is 1.01. The summed E-state index contributed by atoms with van der Waals surface area (Å²) in [7, 11) is 0. The highest BCUT2D eigenvalue weighted by Crippen LogP contribution is 2.27. The molecule has 0 amide bonds. The Bertz CT molecular complexity index is 381. The number of nitro groups is 1. The summed E-state index contributed by atoms with van der Waals surface area (Å²) in [6.45, 7) is 4.00. The molecule has 5 heteroatoms. The van der Waals surface area contributed by atoms with E-state index in [0.29, 0.717) is 11.1 Å². The van der Waals surface area contributed by atoms with Gasteiger partial charge in [0.15, 0.2) is 0 Å². The molecule has 0 saturated heterocycles. The lowest BCUT2D eigenvalue weighted by Crippen LogP contribution is -2.10. The summed E-state index contributed by atoms with van der Waals surface area (Å²) in [4.78, 5) is 10.2. The minimum atomic E-state index is -0.404. The van der Waals surface area contributed by atoms with Gasteiger partial charge >= 0.3 is 0 Å². The Morgan fingerprint density at radius 1 is 1.56 bits per heavy atom. The van der Waals surface area contributed by atoms with Crippen LogP contribution >= 0.6 is 15.9 Å². The molecule has 1 aromatic rings. The molecule has 0 spiro atoms. The molecule has 0 aromatic heterocycles. The van der Waals surface area contributed by atoms with Crippen molar-refractivity contribution in [2.75, 3.05) is 0 Å². The third-order valence-electron chi connectivity index (χ3n) is 2.30. The average Bonchev–Trinajstić information content (AvgIpc) is 2.29. The Labute approximate surface area is 103 Å². The van der Waals surface area contributed by atoms with Crippen molar-refractivity contribution in [3.05, 3.63) is 33.9 Å². The highest BCUT2D eigenvalue weighted by atomic mass is 79.9. The quantitative estimate of drug-likeness (QED) is 0.472. The number of non-ortho nitro benzene ring substituents is 1. The molecule has 0 aliphatic rings. The van der Waals surface area contributed by atoms with Gasteiger partial charge in [0.1, 0.15) is 5.75 Å². The van der Waals surface area contributed by atoms with Crippen LogP contribution < -0.4 is 4.74 Å². The lowest BCUT2D eigenvalue weighted by Gasteiger charge is -2.14. The van der Waals surface area contributed by atoms with E-state index in [1.807, 2.05) is 13.8 Å². The molecular weight excluding hydrogens is 274 g/mol. The normalized spacial score (nSPS) is 12.2. The van der Waals surface area contributed by atoms with Gasteiger partial charge in [-0.05, 0) is 19.4 Å². The summed E-state index contributed by atoms with van der Waals surface area (Å²) in [5, 5.41) is 11.2. The lowest BCUT2D eigenvalue weighted by atomic mass is 10.2. The predicted molar refractivity (Wildman–Crippen MR) is 66.1 cm³/mol. The SMILES string of the molecule is CCC(C)Oc1ccc([N+](=O)[O-])cc1CBr. The van der Waals surface area contributed by atoms with Crippen LogP contribution in [0.25, 0.3) is 0 Å². The van der Waals surface area contributed by atoms with E-state index in [-0.39, 0.29) is 11.8 Å². The molecule has 0 saturated carbocycles. The highest BCUT2D eigenvalue weighted by Gasteiger charge is 2.12. The molecule has 0 aliphatic carbocycles. The first kappa shape index (κ1) is 13.0. The summed E-state index contributed by atoms with van der Waals surface area (Å²) in [5.41, 5.74) is 0.889. The maximum absolute atomic E-state index is 10.6. The third kappa shape index (κ3) is 3.20. The van der Waals surface area contributed by atoms with Gasteiger partial charge in [-0.3, -0.25) is 10.1 Å². The number of nitro benzene ring substituents is 1. The van der Waals surface area contributed by atoms with Gasteiger partial charge in [-0.15, -0.1) is 0 Å². The molecule has 0 N–H and O–H groups in total. The number of ether oxygens (including phenoxy) is 1. The van der Waals surface area contributed by atoms with Crippen LogP contribution in [0.5, 0.6) is 5.75 Å². The smallest absolute Gasteiger partial charge is 0.270 e. The van der Waals surface area contributed by atoms with E-state index < -0.39 is 4.92 Å². The first-order valence-corrected chi connectivity index (χ1v) is 6.20. The van der Waals surface area contributed by atoms with Gasteiger partial charge in [-0.2, -0.15) is 0 Å². The van der Waals surface area contributed by atoms with Crippen LogP contribution in [0.2, 0.25) is 0 Å². The first-order chi connectivity index (χ1) is 7.58. The molecule has 1 atom stereocenters. The van der Waals surface area contributed by atoms with Gasteiger partial charge in [-0.1, -0.05) is 22.9 Å². The lowest BCUT2D eigenvalue weighted by molar-refractivity contribution is -0.384. The number of hydrogen-bond donors (Lipinski definition) is 0. The Hall–Kier alpha value is -1.10. The van der Waals surface area contributed by atoms with Crippen LogP contribution in [-0.4, -0.2) is 11.0 Å². The third-order valence-corrected chi connectivity index (χ3v) is 2.91. The Kier molecular flexibility index (Phi) is 4.73. The Balaban J connectivity index is 2.97. The monoisotopic (exact) mass is 287 g/mol. The molecule has 1 unspecified atom stereocenters. The molecule has 4 nitrogen and oxygen atoms in total. The van der Waals surface area contributed by atoms with E-state index >= 15 is 0 Å². The molecule has 0 radical (unpaired) electrons. The van der Waals surface area contributed by atoms with Gasteiger partial charge in [0.05, 0.1) is 11.0 Å². The van der Waals surface area contributed by atoms with E-state index in [0.717, 1.165) is 12.0 Å². The van der Waals surface area contributed by atoms with Crippen molar-refractivity contribution in [2.24, 2.45) is 0 Å². The highest BCUT2D eigenvalue weighted by molar-refractivity contribution is 9.08. The molecule has 1 rings (SSSR count). The average molecular weight is 288 g/mol. The topological polar surface area (TPSA) is 52.4 Å². The number of nitrogens with zero attached hydrogens (tertiary/aromatic N) is 1. The molecular formula is C11H14BrNO3. The predicted octanol–water partition coefficient (Wildman–Crippen LogP) is 3.67. The number of benzene rings is 1. The Morgan fingerprint density at radius 2 is 2.25 bits per heavy atom. The standard InChI is InChI=1S/C11H14BrNO3/c1-3-8(2)16-11-5-4-10(13(14)15)6-9(11)7-12/h4-6,8H,3,7H2,1-2H3. The summed E-state index contributed by atoms with van der Waals surface area (Å²) < 4.78 is 5.67. The van der Waals surface area contributed by atoms with Crippen molar-refractivity contribution in [3.8, 4) is 5.75 Å². The van der Waals surface area contributed by atoms with Crippen molar-refractivity contribution in [1.29, 1.82) is 0 Å². The van der Waals surface area contributed by atoms with Gasteiger partial charge in [0.2, 0.25) is 0 Å². The van der Waals surface area contributed by atoms with Crippen molar-refractivity contribution < 1.29 is 9.66 Å². The van der Waals surface area contributed by atoms with Crippen LogP contribution in [0.1, 0.15) is 25.8 Å². The number of alkyl halides is 1. The van der Waals surface area contributed by atoms with Crippen molar-refractivity contribution in [3.63, 3.8) is 0 Å². The van der Waals surface area contributed by atoms with Crippen LogP contribution in [-0.2, 0) is 5.33 Å². The zero-order valence-electron chi connectivity index (χ0n) is 9.27. The minimum absolute atomic E-state index is 0.0888. The summed E-state index contributed by atoms with van der Waals surface area (Å²) in [5.74, 6) is 0.705. The van der Waals surface area contributed by atoms with Crippen molar-refractivity contribution in [2.45, 2.75) is 31.7 Å². The molecule has 0 bridgehead atoms. The van der Waals surface area contributed by atoms with Crippen molar-refractivity contribution in [1.82, 2.24) is 0 Å². The fourth-order valence-corrected chi connectivity index (χ4v) is 1.64. The van der Waals surface area contributed by atoms with Gasteiger partial charge in [-0.25, -0.2) is 0 Å². The van der Waals surface area contributed by atoms with E-state index in [4.69, 9.17) is 4.74 Å². The molecule has 0 aliphatic heterocycles. The second-order valence-corrected chi connectivity index (χ2v) is 4.08. The Morgan fingerprint density at radius 3 is 2.75 bits per heavy atom. The molecule has 0 fully saturated rings. The maximum Gasteiger partial charge on any atom is 0.270 e. The van der Waals surface area contributed by atoms with Crippen LogP contribution in [0.4, 0.5) is 5.69 Å². The van der Waals surface area contributed by atoms with E-state index in [1.165, 1.54) is 12.1 Å². The minimum Gasteiger partial charge on any atom is -0.490 e. The van der Waals surface area contributed by atoms with Gasteiger partial charge in [0.25, 0.3) is 5.69 Å². The molecule has 88 valence electrons. The van der Waals surface area contributed by atoms with Crippen LogP contribution in [0.15, 0.2) is 18.2 Å². The van der Waals surface area contributed by atoms with Crippen LogP contribution in [0, 0.1) is 10.1 Å². The van der Waals surface area contributed by atoms with Gasteiger partial charge < -0.3 is 4.74 Å². The fraction of sp³-hybridized carbons (Fsp3) is 0.455. The van der Waals surface area contributed by atoms with Gasteiger partial charge in [0, 0.05) is 23.0 Å². The molecule has 0 heterocycles. The number of rotatable bonds is 5. The molecule has 16 heavy (non-hydrogen) atoms. The van der Waals surface area contributed by atoms with E-state index in [1.54, 1.807) is 6.07 Å². The zero-order valence-corrected chi connectivity index (χ0v) is 10.9. The van der Waals surface area contributed by atoms with Crippen molar-refractivity contribution >= 4 is 21.6 Å². The van der Waals surface area contributed by atoms with E-state index in [2.05, 4.69) is 15.9 Å².